The number of phenolic OH excluding ortho intramolecular Hbond substituents is 3. The van der Waals surface area contributed by atoms with Gasteiger partial charge >= 0.3 is 5.97 Å². The van der Waals surface area contributed by atoms with Gasteiger partial charge in [0.05, 0.1) is 19.8 Å². The zero-order chi connectivity index (χ0) is 26.7. The van der Waals surface area contributed by atoms with Gasteiger partial charge in [-0.25, -0.2) is 4.79 Å². The van der Waals surface area contributed by atoms with Crippen LogP contribution in [0.2, 0.25) is 0 Å². The van der Waals surface area contributed by atoms with Crippen molar-refractivity contribution < 1.29 is 39.4 Å². The zero-order valence-corrected chi connectivity index (χ0v) is 20.5. The van der Waals surface area contributed by atoms with Crippen LogP contribution in [-0.2, 0) is 6.61 Å². The largest absolute Gasteiger partial charge is 0.508 e. The summed E-state index contributed by atoms with van der Waals surface area (Å²) < 4.78 is 16.7. The van der Waals surface area contributed by atoms with Gasteiger partial charge in [-0.2, -0.15) is 0 Å². The van der Waals surface area contributed by atoms with Gasteiger partial charge in [0.2, 0.25) is 0 Å². The fourth-order valence-corrected chi connectivity index (χ4v) is 4.04. The lowest BCUT2D eigenvalue weighted by atomic mass is 9.95. The molecule has 8 nitrogen and oxygen atoms in total. The molecule has 0 saturated carbocycles. The first kappa shape index (κ1) is 25.2. The van der Waals surface area contributed by atoms with Gasteiger partial charge in [-0.3, -0.25) is 0 Å². The van der Waals surface area contributed by atoms with E-state index in [-0.39, 0.29) is 52.0 Å². The third-order valence-corrected chi connectivity index (χ3v) is 5.91. The van der Waals surface area contributed by atoms with E-state index < -0.39 is 11.7 Å². The van der Waals surface area contributed by atoms with Gasteiger partial charge in [0, 0.05) is 5.56 Å². The Labute approximate surface area is 213 Å². The number of benzene rings is 4. The van der Waals surface area contributed by atoms with Crippen molar-refractivity contribution in [3.05, 3.63) is 83.4 Å². The molecule has 8 heteroatoms. The topological polar surface area (TPSA) is 126 Å². The van der Waals surface area contributed by atoms with E-state index in [4.69, 9.17) is 14.2 Å². The van der Waals surface area contributed by atoms with Crippen molar-refractivity contribution in [2.75, 3.05) is 14.2 Å². The standard InChI is InChI=1S/C29H26O8/c1-16-4-6-17(7-5-16)15-37-27-22(29(33)34)12-19(13-23(27)31)25-24(35-2)14-21(28(36-3)26(25)32)18-8-10-20(30)11-9-18/h4-14,30-32H,15H2,1-3H3,(H,33,34). The number of carbonyl (C=O) groups is 1. The van der Waals surface area contributed by atoms with E-state index in [9.17, 15) is 25.2 Å². The molecule has 0 saturated heterocycles. The molecule has 0 aliphatic heterocycles. The molecule has 0 atom stereocenters. The molecule has 0 aromatic heterocycles. The lowest BCUT2D eigenvalue weighted by Crippen LogP contribution is -2.05. The lowest BCUT2D eigenvalue weighted by Gasteiger charge is -2.19. The van der Waals surface area contributed by atoms with Gasteiger partial charge in [0.25, 0.3) is 0 Å². The quantitative estimate of drug-likeness (QED) is 0.240. The van der Waals surface area contributed by atoms with Crippen LogP contribution < -0.4 is 14.2 Å². The van der Waals surface area contributed by atoms with Gasteiger partial charge < -0.3 is 34.6 Å². The molecular formula is C29H26O8. The first-order chi connectivity index (χ1) is 17.7. The summed E-state index contributed by atoms with van der Waals surface area (Å²) in [5, 5.41) is 41.5. The fourth-order valence-electron chi connectivity index (χ4n) is 4.04. The summed E-state index contributed by atoms with van der Waals surface area (Å²) in [5.41, 5.74) is 3.03. The fraction of sp³-hybridized carbons (Fsp3) is 0.138. The van der Waals surface area contributed by atoms with Crippen LogP contribution in [0.25, 0.3) is 22.3 Å². The number of aryl methyl sites for hydroxylation is 1. The number of ether oxygens (including phenoxy) is 3. The van der Waals surface area contributed by atoms with Crippen LogP contribution in [0.15, 0.2) is 66.7 Å². The summed E-state index contributed by atoms with van der Waals surface area (Å²) in [6.45, 7) is 2.00. The first-order valence-corrected chi connectivity index (χ1v) is 11.3. The molecule has 0 amide bonds. The van der Waals surface area contributed by atoms with Crippen LogP contribution in [-0.4, -0.2) is 40.6 Å². The van der Waals surface area contributed by atoms with Gasteiger partial charge in [0.1, 0.15) is 23.7 Å². The molecule has 0 fully saturated rings. The van der Waals surface area contributed by atoms with Crippen LogP contribution in [0.1, 0.15) is 21.5 Å². The van der Waals surface area contributed by atoms with Crippen LogP contribution in [0.4, 0.5) is 0 Å². The minimum Gasteiger partial charge on any atom is -0.508 e. The molecule has 0 aliphatic rings. The maximum atomic E-state index is 12.1. The molecule has 37 heavy (non-hydrogen) atoms. The van der Waals surface area contributed by atoms with Gasteiger partial charge in [-0.1, -0.05) is 42.0 Å². The number of rotatable bonds is 8. The number of aromatic carboxylic acids is 1. The van der Waals surface area contributed by atoms with Crippen molar-refractivity contribution in [1.82, 2.24) is 0 Å². The number of hydrogen-bond acceptors (Lipinski definition) is 7. The second-order valence-electron chi connectivity index (χ2n) is 8.38. The van der Waals surface area contributed by atoms with Crippen LogP contribution in [0.3, 0.4) is 0 Å². The highest BCUT2D eigenvalue weighted by Gasteiger charge is 2.25. The second-order valence-corrected chi connectivity index (χ2v) is 8.38. The molecule has 4 N–H and O–H groups in total. The van der Waals surface area contributed by atoms with Gasteiger partial charge in [-0.15, -0.1) is 0 Å². The van der Waals surface area contributed by atoms with Crippen LogP contribution in [0, 0.1) is 6.92 Å². The molecule has 190 valence electrons. The van der Waals surface area contributed by atoms with E-state index in [2.05, 4.69) is 0 Å². The minimum absolute atomic E-state index is 0.0528. The Bertz CT molecular complexity index is 1440. The maximum absolute atomic E-state index is 12.1. The van der Waals surface area contributed by atoms with Crippen molar-refractivity contribution in [1.29, 1.82) is 0 Å². The minimum atomic E-state index is -1.32. The number of aromatic hydroxyl groups is 3. The molecule has 0 spiro atoms. The summed E-state index contributed by atoms with van der Waals surface area (Å²) in [4.78, 5) is 12.1. The average Bonchev–Trinajstić information content (AvgIpc) is 2.88. The molecule has 0 unspecified atom stereocenters. The van der Waals surface area contributed by atoms with Crippen molar-refractivity contribution in [2.24, 2.45) is 0 Å². The van der Waals surface area contributed by atoms with E-state index >= 15 is 0 Å². The average molecular weight is 503 g/mol. The molecule has 0 heterocycles. The van der Waals surface area contributed by atoms with Crippen LogP contribution in [0.5, 0.6) is 34.5 Å². The van der Waals surface area contributed by atoms with E-state index in [1.54, 1.807) is 18.2 Å². The second kappa shape index (κ2) is 10.4. The highest BCUT2D eigenvalue weighted by atomic mass is 16.5. The number of hydrogen-bond donors (Lipinski definition) is 4. The third kappa shape index (κ3) is 5.08. The maximum Gasteiger partial charge on any atom is 0.339 e. The highest BCUT2D eigenvalue weighted by molar-refractivity contribution is 5.96. The number of carboxylic acids is 1. The Morgan fingerprint density at radius 1 is 0.811 bits per heavy atom. The summed E-state index contributed by atoms with van der Waals surface area (Å²) in [6.07, 6.45) is 0. The predicted octanol–water partition coefficient (Wildman–Crippen LogP) is 5.74. The Morgan fingerprint density at radius 3 is 2.08 bits per heavy atom. The summed E-state index contributed by atoms with van der Waals surface area (Å²) in [7, 11) is 2.79. The van der Waals surface area contributed by atoms with E-state index in [1.807, 2.05) is 31.2 Å². The molecule has 0 bridgehead atoms. The molecule has 4 aromatic rings. The van der Waals surface area contributed by atoms with Crippen molar-refractivity contribution in [3.63, 3.8) is 0 Å². The Kier molecular flexibility index (Phi) is 7.11. The normalized spacial score (nSPS) is 10.7. The molecule has 0 aliphatic carbocycles. The number of carboxylic acid groups (broad SMARTS) is 1. The molecular weight excluding hydrogens is 476 g/mol. The van der Waals surface area contributed by atoms with Crippen molar-refractivity contribution >= 4 is 5.97 Å². The Balaban J connectivity index is 1.82. The zero-order valence-electron chi connectivity index (χ0n) is 20.5. The molecule has 0 radical (unpaired) electrons. The van der Waals surface area contributed by atoms with Gasteiger partial charge in [-0.05, 0) is 53.9 Å². The van der Waals surface area contributed by atoms with E-state index in [1.165, 1.54) is 38.5 Å². The smallest absolute Gasteiger partial charge is 0.339 e. The van der Waals surface area contributed by atoms with Crippen molar-refractivity contribution in [3.8, 4) is 56.8 Å². The molecule has 4 aromatic carbocycles. The Hall–Kier alpha value is -4.85. The SMILES string of the molecule is COc1cc(-c2ccc(O)cc2)c(OC)c(O)c1-c1cc(O)c(OCc2ccc(C)cc2)c(C(=O)O)c1. The highest BCUT2D eigenvalue weighted by Crippen LogP contribution is 2.51. The summed E-state index contributed by atoms with van der Waals surface area (Å²) in [6, 6.07) is 18.0. The number of phenols is 3. The lowest BCUT2D eigenvalue weighted by molar-refractivity contribution is 0.0690. The third-order valence-electron chi connectivity index (χ3n) is 5.91. The monoisotopic (exact) mass is 502 g/mol. The summed E-state index contributed by atoms with van der Waals surface area (Å²) in [5.74, 6) is -1.83. The van der Waals surface area contributed by atoms with Crippen LogP contribution >= 0.6 is 0 Å². The van der Waals surface area contributed by atoms with Gasteiger partial charge in [0.15, 0.2) is 23.0 Å². The number of methoxy groups -OCH3 is 2. The van der Waals surface area contributed by atoms with Crippen molar-refractivity contribution in [2.45, 2.75) is 13.5 Å². The van der Waals surface area contributed by atoms with E-state index in [0.29, 0.717) is 11.1 Å². The first-order valence-electron chi connectivity index (χ1n) is 11.3. The molecule has 4 rings (SSSR count). The van der Waals surface area contributed by atoms with E-state index in [0.717, 1.165) is 11.1 Å². The predicted molar refractivity (Wildman–Crippen MR) is 138 cm³/mol. The Morgan fingerprint density at radius 2 is 1.49 bits per heavy atom. The summed E-state index contributed by atoms with van der Waals surface area (Å²) >= 11 is 0.